The first-order valence-electron chi connectivity index (χ1n) is 4.59. The number of nitrogens with one attached hydrogen (secondary N) is 1. The fraction of sp³-hybridized carbons (Fsp3) is 0.300. The second-order valence-corrected chi connectivity index (χ2v) is 3.65. The fourth-order valence-electron chi connectivity index (χ4n) is 1.54. The Morgan fingerprint density at radius 2 is 2.33 bits per heavy atom. The molecule has 1 aromatic heterocycles. The maximum atomic E-state index is 6.00. The number of hydroxylamine groups is 1. The van der Waals surface area contributed by atoms with E-state index in [0.717, 1.165) is 16.5 Å². The zero-order valence-corrected chi connectivity index (χ0v) is 9.38. The number of rotatable bonds is 3. The first-order valence-corrected chi connectivity index (χ1v) is 4.97. The van der Waals surface area contributed by atoms with Gasteiger partial charge in [0, 0.05) is 19.0 Å². The summed E-state index contributed by atoms with van der Waals surface area (Å²) in [6, 6.07) is 6.03. The van der Waals surface area contributed by atoms with Crippen molar-refractivity contribution in [1.29, 1.82) is 0 Å². The summed E-state index contributed by atoms with van der Waals surface area (Å²) in [6.45, 7) is 0.650. The number of nitrogens with zero attached hydrogens (tertiary/aromatic N) is 2. The maximum Gasteiger partial charge on any atom is 0.158 e. The van der Waals surface area contributed by atoms with Gasteiger partial charge in [-0.25, -0.2) is 0 Å². The van der Waals surface area contributed by atoms with E-state index in [0.29, 0.717) is 11.7 Å². The maximum absolute atomic E-state index is 6.00. The van der Waals surface area contributed by atoms with Crippen LogP contribution in [0.15, 0.2) is 18.2 Å². The lowest BCUT2D eigenvalue weighted by molar-refractivity contribution is 0.0867. The molecule has 5 heteroatoms. The summed E-state index contributed by atoms with van der Waals surface area (Å²) in [5, 5.41) is 5.64. The molecular formula is C10H12ClN3O. The normalized spacial score (nSPS) is 11.1. The highest BCUT2D eigenvalue weighted by atomic mass is 35.5. The molecule has 0 saturated carbocycles. The minimum absolute atomic E-state index is 0.534. The standard InChI is InChI=1S/C10H12ClN3O/c1-14-9-4-3-7(6-12-15-2)5-8(9)10(11)13-14/h3-5,12H,6H2,1-2H3. The molecule has 4 nitrogen and oxygen atoms in total. The molecule has 2 rings (SSSR count). The Morgan fingerprint density at radius 1 is 1.53 bits per heavy atom. The lowest BCUT2D eigenvalue weighted by Crippen LogP contribution is -2.10. The van der Waals surface area contributed by atoms with Crippen molar-refractivity contribution >= 4 is 22.5 Å². The molecule has 0 spiro atoms. The highest BCUT2D eigenvalue weighted by molar-refractivity contribution is 6.34. The molecule has 0 radical (unpaired) electrons. The highest BCUT2D eigenvalue weighted by Crippen LogP contribution is 2.23. The van der Waals surface area contributed by atoms with Crippen LogP contribution < -0.4 is 5.48 Å². The van der Waals surface area contributed by atoms with Crippen molar-refractivity contribution in [1.82, 2.24) is 15.3 Å². The van der Waals surface area contributed by atoms with E-state index in [1.165, 1.54) is 0 Å². The highest BCUT2D eigenvalue weighted by Gasteiger charge is 2.06. The van der Waals surface area contributed by atoms with E-state index in [4.69, 9.17) is 16.4 Å². The third-order valence-corrected chi connectivity index (χ3v) is 2.57. The molecule has 80 valence electrons. The minimum atomic E-state index is 0.534. The van der Waals surface area contributed by atoms with E-state index < -0.39 is 0 Å². The van der Waals surface area contributed by atoms with Gasteiger partial charge in [-0.3, -0.25) is 4.68 Å². The molecular weight excluding hydrogens is 214 g/mol. The number of hydrogen-bond acceptors (Lipinski definition) is 3. The Hall–Kier alpha value is -1.10. The molecule has 15 heavy (non-hydrogen) atoms. The number of hydrogen-bond donors (Lipinski definition) is 1. The number of benzene rings is 1. The van der Waals surface area contributed by atoms with Crippen LogP contribution in [0.5, 0.6) is 0 Å². The van der Waals surface area contributed by atoms with E-state index in [9.17, 15) is 0 Å². The summed E-state index contributed by atoms with van der Waals surface area (Å²) in [6.07, 6.45) is 0. The molecule has 0 aliphatic heterocycles. The summed E-state index contributed by atoms with van der Waals surface area (Å²) < 4.78 is 1.77. The van der Waals surface area contributed by atoms with Crippen LogP contribution in [0.4, 0.5) is 0 Å². The predicted octanol–water partition coefficient (Wildman–Crippen LogP) is 1.88. The molecule has 1 aromatic carbocycles. The lowest BCUT2D eigenvalue weighted by Gasteiger charge is -2.02. The SMILES string of the molecule is CONCc1ccc2c(c1)c(Cl)nn2C. The molecule has 0 unspecified atom stereocenters. The zero-order chi connectivity index (χ0) is 10.8. The number of fused-ring (bicyclic) bond motifs is 1. The average Bonchev–Trinajstić information content (AvgIpc) is 2.52. The Bertz CT molecular complexity index is 481. The van der Waals surface area contributed by atoms with Gasteiger partial charge in [0.15, 0.2) is 5.15 Å². The third-order valence-electron chi connectivity index (χ3n) is 2.29. The van der Waals surface area contributed by atoms with E-state index in [2.05, 4.69) is 10.6 Å². The number of halogens is 1. The van der Waals surface area contributed by atoms with Gasteiger partial charge >= 0.3 is 0 Å². The van der Waals surface area contributed by atoms with Gasteiger partial charge in [-0.15, -0.1) is 0 Å². The van der Waals surface area contributed by atoms with Crippen molar-refractivity contribution in [2.24, 2.45) is 7.05 Å². The Morgan fingerprint density at radius 3 is 3.07 bits per heavy atom. The Kier molecular flexibility index (Phi) is 2.90. The molecule has 0 fully saturated rings. The number of aromatic nitrogens is 2. The third kappa shape index (κ3) is 1.97. The van der Waals surface area contributed by atoms with Crippen molar-refractivity contribution < 1.29 is 4.84 Å². The van der Waals surface area contributed by atoms with Gasteiger partial charge in [0.25, 0.3) is 0 Å². The second kappa shape index (κ2) is 4.18. The van der Waals surface area contributed by atoms with Gasteiger partial charge < -0.3 is 4.84 Å². The monoisotopic (exact) mass is 225 g/mol. The molecule has 0 amide bonds. The van der Waals surface area contributed by atoms with E-state index in [-0.39, 0.29) is 0 Å². The summed E-state index contributed by atoms with van der Waals surface area (Å²) in [4.78, 5) is 4.79. The smallest absolute Gasteiger partial charge is 0.158 e. The summed E-state index contributed by atoms with van der Waals surface area (Å²) >= 11 is 6.00. The van der Waals surface area contributed by atoms with Crippen molar-refractivity contribution in [3.8, 4) is 0 Å². The largest absolute Gasteiger partial charge is 0.305 e. The first kappa shape index (κ1) is 10.4. The van der Waals surface area contributed by atoms with Crippen LogP contribution in [-0.4, -0.2) is 16.9 Å². The molecule has 0 saturated heterocycles. The molecule has 0 aliphatic carbocycles. The van der Waals surface area contributed by atoms with Crippen molar-refractivity contribution in [2.45, 2.75) is 6.54 Å². The van der Waals surface area contributed by atoms with Crippen LogP contribution in [0.1, 0.15) is 5.56 Å². The number of aryl methyl sites for hydroxylation is 1. The van der Waals surface area contributed by atoms with Crippen molar-refractivity contribution in [3.63, 3.8) is 0 Å². The molecule has 0 atom stereocenters. The average molecular weight is 226 g/mol. The summed E-state index contributed by atoms with van der Waals surface area (Å²) in [5.74, 6) is 0. The first-order chi connectivity index (χ1) is 7.22. The van der Waals surface area contributed by atoms with Gasteiger partial charge in [0.05, 0.1) is 12.6 Å². The molecule has 1 heterocycles. The topological polar surface area (TPSA) is 39.1 Å². The quantitative estimate of drug-likeness (QED) is 0.811. The van der Waals surface area contributed by atoms with Crippen LogP contribution in [0.3, 0.4) is 0 Å². The summed E-state index contributed by atoms with van der Waals surface area (Å²) in [5.41, 5.74) is 4.92. The second-order valence-electron chi connectivity index (χ2n) is 3.29. The zero-order valence-electron chi connectivity index (χ0n) is 8.62. The molecule has 2 aromatic rings. The molecule has 1 N–H and O–H groups in total. The molecule has 0 aliphatic rings. The Labute approximate surface area is 92.7 Å². The van der Waals surface area contributed by atoms with Crippen molar-refractivity contribution in [3.05, 3.63) is 28.9 Å². The van der Waals surface area contributed by atoms with Crippen LogP contribution in [0.25, 0.3) is 10.9 Å². The van der Waals surface area contributed by atoms with E-state index in [1.54, 1.807) is 11.8 Å². The van der Waals surface area contributed by atoms with Gasteiger partial charge in [-0.1, -0.05) is 17.7 Å². The van der Waals surface area contributed by atoms with E-state index >= 15 is 0 Å². The van der Waals surface area contributed by atoms with E-state index in [1.807, 2.05) is 25.2 Å². The van der Waals surface area contributed by atoms with Crippen LogP contribution in [-0.2, 0) is 18.4 Å². The molecule has 0 bridgehead atoms. The fourth-order valence-corrected chi connectivity index (χ4v) is 1.80. The van der Waals surface area contributed by atoms with Crippen LogP contribution in [0, 0.1) is 0 Å². The predicted molar refractivity (Wildman–Crippen MR) is 59.6 cm³/mol. The van der Waals surface area contributed by atoms with Crippen LogP contribution in [0.2, 0.25) is 5.15 Å². The van der Waals surface area contributed by atoms with Gasteiger partial charge in [-0.05, 0) is 17.7 Å². The van der Waals surface area contributed by atoms with Gasteiger partial charge in [-0.2, -0.15) is 10.6 Å². The lowest BCUT2D eigenvalue weighted by atomic mass is 10.1. The van der Waals surface area contributed by atoms with Crippen molar-refractivity contribution in [2.75, 3.05) is 7.11 Å². The van der Waals surface area contributed by atoms with Crippen LogP contribution >= 0.6 is 11.6 Å². The Balaban J connectivity index is 2.41. The van der Waals surface area contributed by atoms with Gasteiger partial charge in [0.1, 0.15) is 0 Å². The van der Waals surface area contributed by atoms with Gasteiger partial charge in [0.2, 0.25) is 0 Å². The minimum Gasteiger partial charge on any atom is -0.305 e. The summed E-state index contributed by atoms with van der Waals surface area (Å²) in [7, 11) is 3.47.